The lowest BCUT2D eigenvalue weighted by molar-refractivity contribution is -0.233. The molecule has 2 unspecified atom stereocenters. The van der Waals surface area contributed by atoms with Gasteiger partial charge in [-0.25, -0.2) is 4.79 Å². The molecule has 37 heavy (non-hydrogen) atoms. The van der Waals surface area contributed by atoms with Crippen LogP contribution in [0.4, 0.5) is 26.3 Å². The van der Waals surface area contributed by atoms with Crippen molar-refractivity contribution < 1.29 is 50.1 Å². The van der Waals surface area contributed by atoms with E-state index in [1.807, 2.05) is 5.32 Å². The number of hydrogen-bond donors (Lipinski definition) is 1. The van der Waals surface area contributed by atoms with Crippen LogP contribution in [0.3, 0.4) is 0 Å². The van der Waals surface area contributed by atoms with Crippen LogP contribution in [0.15, 0.2) is 30.3 Å². The molecule has 0 aliphatic heterocycles. The molecule has 1 aromatic rings. The van der Waals surface area contributed by atoms with Crippen LogP contribution in [0.2, 0.25) is 0 Å². The molecule has 1 aromatic carbocycles. The fourth-order valence-corrected chi connectivity index (χ4v) is 5.90. The number of alkyl halides is 6. The van der Waals surface area contributed by atoms with E-state index in [1.54, 1.807) is 18.2 Å². The Kier molecular flexibility index (Phi) is 9.49. The molecule has 0 heterocycles. The topological polar surface area (TPSA) is 73.9 Å². The number of carbonyl (C=O) groups excluding carboxylic acids is 2. The largest absolute Gasteiger partial charge is 0.490 e. The third-order valence-corrected chi connectivity index (χ3v) is 7.26. The molecular weight excluding hydrogens is 508 g/mol. The van der Waals surface area contributed by atoms with Crippen molar-refractivity contribution in [3.05, 3.63) is 35.9 Å². The van der Waals surface area contributed by atoms with Crippen molar-refractivity contribution >= 4 is 11.9 Å². The Hall–Kier alpha value is -2.34. The number of rotatable bonds is 10. The first-order chi connectivity index (χ1) is 17.4. The lowest BCUT2D eigenvalue weighted by Gasteiger charge is -2.54. The van der Waals surface area contributed by atoms with Gasteiger partial charge in [0.15, 0.2) is 0 Å². The number of fused-ring (bicyclic) bond motifs is 2. The highest BCUT2D eigenvalue weighted by Crippen LogP contribution is 2.55. The van der Waals surface area contributed by atoms with Gasteiger partial charge < -0.3 is 19.5 Å². The molecule has 0 radical (unpaired) electrons. The van der Waals surface area contributed by atoms with Crippen LogP contribution in [0.25, 0.3) is 0 Å². The Morgan fingerprint density at radius 3 is 2.35 bits per heavy atom. The van der Waals surface area contributed by atoms with Gasteiger partial charge in [-0.3, -0.25) is 4.79 Å². The summed E-state index contributed by atoms with van der Waals surface area (Å²) in [6, 6.07) is 6.41. The molecule has 2 fully saturated rings. The smallest absolute Gasteiger partial charge is 0.452 e. The van der Waals surface area contributed by atoms with Crippen LogP contribution >= 0.6 is 0 Å². The Bertz CT molecular complexity index is 909. The van der Waals surface area contributed by atoms with Gasteiger partial charge in [0.2, 0.25) is 0 Å². The van der Waals surface area contributed by atoms with E-state index in [4.69, 9.17) is 14.2 Å². The van der Waals surface area contributed by atoms with Crippen LogP contribution in [0, 0.1) is 17.8 Å². The van der Waals surface area contributed by atoms with Crippen molar-refractivity contribution in [3.8, 4) is 0 Å². The molecule has 6 nitrogen and oxygen atoms in total. The second kappa shape index (κ2) is 12.0. The number of hydrogen-bond acceptors (Lipinski definition) is 5. The molecule has 2 aliphatic carbocycles. The predicted molar refractivity (Wildman–Crippen MR) is 119 cm³/mol. The second-order valence-electron chi connectivity index (χ2n) is 9.69. The van der Waals surface area contributed by atoms with E-state index in [2.05, 4.69) is 0 Å². The van der Waals surface area contributed by atoms with E-state index in [0.29, 0.717) is 19.3 Å². The minimum absolute atomic E-state index is 0.0227. The zero-order valence-corrected chi connectivity index (χ0v) is 20.4. The molecule has 3 rings (SSSR count). The zero-order chi connectivity index (χ0) is 27.3. The number of methoxy groups -OCH3 is 1. The maximum absolute atomic E-state index is 13.4. The highest BCUT2D eigenvalue weighted by Gasteiger charge is 2.58. The molecule has 5 atom stereocenters. The lowest BCUT2D eigenvalue weighted by atomic mass is 9.56. The van der Waals surface area contributed by atoms with Crippen molar-refractivity contribution in [1.82, 2.24) is 5.32 Å². The SMILES string of the molecule is COCCOCC[C@@]1(OC(=O)C(F)(F)F)CC2CCCC(C2)[C@@H]1[C@@H](NC(=O)C(F)(F)F)c1ccccc1. The van der Waals surface area contributed by atoms with E-state index < -0.39 is 41.8 Å². The van der Waals surface area contributed by atoms with Gasteiger partial charge in [0.05, 0.1) is 25.9 Å². The Morgan fingerprint density at radius 1 is 1.03 bits per heavy atom. The molecule has 2 bridgehead atoms. The van der Waals surface area contributed by atoms with E-state index in [9.17, 15) is 35.9 Å². The first kappa shape index (κ1) is 29.2. The van der Waals surface area contributed by atoms with Gasteiger partial charge >= 0.3 is 24.2 Å². The molecule has 208 valence electrons. The molecule has 1 N–H and O–H groups in total. The minimum Gasteiger partial charge on any atom is -0.452 e. The molecule has 1 amide bonds. The van der Waals surface area contributed by atoms with Gasteiger partial charge in [-0.1, -0.05) is 43.2 Å². The molecule has 12 heteroatoms. The highest BCUT2D eigenvalue weighted by atomic mass is 19.4. The van der Waals surface area contributed by atoms with E-state index >= 15 is 0 Å². The number of nitrogens with one attached hydrogen (secondary N) is 1. The molecule has 0 saturated heterocycles. The van der Waals surface area contributed by atoms with Crippen molar-refractivity contribution in [2.75, 3.05) is 26.9 Å². The van der Waals surface area contributed by atoms with Gasteiger partial charge in [-0.05, 0) is 36.7 Å². The summed E-state index contributed by atoms with van der Waals surface area (Å²) in [5, 5.41) is 2.03. The number of carbonyl (C=O) groups is 2. The standard InChI is InChI=1S/C25H31F6NO5/c1-35-12-13-36-11-10-23(37-22(34)25(29,30)31)15-16-6-5-9-18(14-16)19(23)20(17-7-3-2-4-8-17)32-21(33)24(26,27)28/h2-4,7-8,16,18-20H,5-6,9-15H2,1H3,(H,32,33)/t16?,18?,19-,20+,23-/m1/s1. The Morgan fingerprint density at radius 2 is 1.73 bits per heavy atom. The van der Waals surface area contributed by atoms with Gasteiger partial charge in [0, 0.05) is 19.4 Å². The van der Waals surface area contributed by atoms with Crippen LogP contribution in [-0.2, 0) is 23.8 Å². The minimum atomic E-state index is -5.31. The van der Waals surface area contributed by atoms with Gasteiger partial charge in [0.25, 0.3) is 0 Å². The summed E-state index contributed by atoms with van der Waals surface area (Å²) >= 11 is 0. The predicted octanol–water partition coefficient (Wildman–Crippen LogP) is 5.13. The van der Waals surface area contributed by atoms with Gasteiger partial charge in [-0.2, -0.15) is 26.3 Å². The van der Waals surface area contributed by atoms with E-state index in [-0.39, 0.29) is 50.1 Å². The van der Waals surface area contributed by atoms with Crippen LogP contribution < -0.4 is 5.32 Å². The van der Waals surface area contributed by atoms with Crippen molar-refractivity contribution in [2.45, 2.75) is 62.5 Å². The van der Waals surface area contributed by atoms with Crippen molar-refractivity contribution in [3.63, 3.8) is 0 Å². The fraction of sp³-hybridized carbons (Fsp3) is 0.680. The molecule has 0 spiro atoms. The fourth-order valence-electron chi connectivity index (χ4n) is 5.90. The summed E-state index contributed by atoms with van der Waals surface area (Å²) in [6.07, 6.45) is -8.19. The van der Waals surface area contributed by atoms with Gasteiger partial charge in [-0.15, -0.1) is 0 Å². The average molecular weight is 540 g/mol. The quantitative estimate of drug-likeness (QED) is 0.254. The van der Waals surface area contributed by atoms with Crippen LogP contribution in [0.5, 0.6) is 0 Å². The first-order valence-electron chi connectivity index (χ1n) is 12.2. The number of ether oxygens (including phenoxy) is 3. The normalized spacial score (nSPS) is 26.8. The molecule has 2 aliphatic rings. The summed E-state index contributed by atoms with van der Waals surface area (Å²) in [5.41, 5.74) is -1.53. The summed E-state index contributed by atoms with van der Waals surface area (Å²) < 4.78 is 96.0. The lowest BCUT2D eigenvalue weighted by Crippen LogP contribution is -2.59. The Balaban J connectivity index is 2.09. The summed E-state index contributed by atoms with van der Waals surface area (Å²) in [5.74, 6) is -6.14. The first-order valence-corrected chi connectivity index (χ1v) is 12.2. The maximum atomic E-state index is 13.4. The maximum Gasteiger partial charge on any atom is 0.490 e. The summed E-state index contributed by atoms with van der Waals surface area (Å²) in [6.45, 7) is 0.238. The number of halogens is 6. The molecule has 0 aromatic heterocycles. The van der Waals surface area contributed by atoms with Crippen LogP contribution in [-0.4, -0.2) is 56.8 Å². The molecular formula is C25H31F6NO5. The highest BCUT2D eigenvalue weighted by molar-refractivity contribution is 5.82. The number of amides is 1. The van der Waals surface area contributed by atoms with E-state index in [1.165, 1.54) is 19.2 Å². The van der Waals surface area contributed by atoms with Crippen molar-refractivity contribution in [2.24, 2.45) is 17.8 Å². The zero-order valence-electron chi connectivity index (χ0n) is 20.4. The third kappa shape index (κ3) is 7.37. The van der Waals surface area contributed by atoms with Crippen LogP contribution in [0.1, 0.15) is 50.1 Å². The van der Waals surface area contributed by atoms with E-state index in [0.717, 1.165) is 6.42 Å². The monoisotopic (exact) mass is 539 g/mol. The van der Waals surface area contributed by atoms with Gasteiger partial charge in [0.1, 0.15) is 5.60 Å². The van der Waals surface area contributed by atoms with Crippen molar-refractivity contribution in [1.29, 1.82) is 0 Å². The third-order valence-electron chi connectivity index (χ3n) is 7.26. The number of esters is 1. The number of benzene rings is 1. The second-order valence-corrected chi connectivity index (χ2v) is 9.69. The Labute approximate surface area is 211 Å². The summed E-state index contributed by atoms with van der Waals surface area (Å²) in [7, 11) is 1.45. The average Bonchev–Trinajstić information content (AvgIpc) is 2.82. The molecule has 2 saturated carbocycles. The summed E-state index contributed by atoms with van der Waals surface area (Å²) in [4.78, 5) is 24.3.